The highest BCUT2D eigenvalue weighted by molar-refractivity contribution is 7.89. The SMILES string of the molecule is O=C1Nc2ccc(S(=O)(=O)NCc3ccc(F)cc3)cc2C1=O. The summed E-state index contributed by atoms with van der Waals surface area (Å²) < 4.78 is 39.7. The molecule has 3 rings (SSSR count). The number of rotatable bonds is 4. The molecule has 0 aromatic heterocycles. The summed E-state index contributed by atoms with van der Waals surface area (Å²) in [5.74, 6) is -1.96. The highest BCUT2D eigenvalue weighted by Gasteiger charge is 2.29. The topological polar surface area (TPSA) is 92.3 Å². The number of benzene rings is 2. The van der Waals surface area contributed by atoms with E-state index < -0.39 is 27.5 Å². The second-order valence-corrected chi connectivity index (χ2v) is 6.71. The number of amides is 1. The monoisotopic (exact) mass is 334 g/mol. The van der Waals surface area contributed by atoms with Crippen LogP contribution in [0.2, 0.25) is 0 Å². The molecule has 1 aliphatic heterocycles. The number of sulfonamides is 1. The van der Waals surface area contributed by atoms with Gasteiger partial charge in [-0.15, -0.1) is 0 Å². The molecule has 1 heterocycles. The van der Waals surface area contributed by atoms with E-state index in [0.717, 1.165) is 6.07 Å². The molecule has 0 saturated carbocycles. The van der Waals surface area contributed by atoms with Crippen molar-refractivity contribution in [1.29, 1.82) is 0 Å². The molecule has 1 amide bonds. The first kappa shape index (κ1) is 15.3. The number of halogens is 1. The zero-order chi connectivity index (χ0) is 16.6. The third-order valence-electron chi connectivity index (χ3n) is 3.38. The number of Topliss-reactive ketones (excluding diaryl/α,β-unsaturated/α-hetero) is 1. The Morgan fingerprint density at radius 3 is 2.43 bits per heavy atom. The van der Waals surface area contributed by atoms with Gasteiger partial charge in [0.1, 0.15) is 5.82 Å². The second-order valence-electron chi connectivity index (χ2n) is 4.94. The molecule has 0 unspecified atom stereocenters. The molecule has 0 fully saturated rings. The Balaban J connectivity index is 1.82. The molecule has 0 spiro atoms. The van der Waals surface area contributed by atoms with Gasteiger partial charge in [-0.05, 0) is 35.9 Å². The Bertz CT molecular complexity index is 908. The largest absolute Gasteiger partial charge is 0.318 e. The van der Waals surface area contributed by atoms with Crippen LogP contribution in [-0.4, -0.2) is 20.1 Å². The Kier molecular flexibility index (Phi) is 3.70. The second kappa shape index (κ2) is 5.56. The van der Waals surface area contributed by atoms with Crippen molar-refractivity contribution in [3.05, 3.63) is 59.4 Å². The van der Waals surface area contributed by atoms with Crippen molar-refractivity contribution < 1.29 is 22.4 Å². The van der Waals surface area contributed by atoms with Gasteiger partial charge in [0.25, 0.3) is 11.7 Å². The third kappa shape index (κ3) is 2.99. The van der Waals surface area contributed by atoms with Crippen LogP contribution in [-0.2, 0) is 21.4 Å². The number of hydrogen-bond donors (Lipinski definition) is 2. The van der Waals surface area contributed by atoms with Crippen LogP contribution in [0.5, 0.6) is 0 Å². The van der Waals surface area contributed by atoms with Crippen molar-refractivity contribution in [3.8, 4) is 0 Å². The first-order chi connectivity index (χ1) is 10.9. The first-order valence-corrected chi connectivity index (χ1v) is 8.09. The molecule has 2 N–H and O–H groups in total. The average molecular weight is 334 g/mol. The van der Waals surface area contributed by atoms with E-state index in [2.05, 4.69) is 10.0 Å². The lowest BCUT2D eigenvalue weighted by atomic mass is 10.1. The molecule has 0 bridgehead atoms. The van der Waals surface area contributed by atoms with Crippen molar-refractivity contribution in [3.63, 3.8) is 0 Å². The van der Waals surface area contributed by atoms with Crippen LogP contribution in [0, 0.1) is 5.82 Å². The summed E-state index contributed by atoms with van der Waals surface area (Å²) in [5.41, 5.74) is 0.904. The van der Waals surface area contributed by atoms with Gasteiger partial charge < -0.3 is 5.32 Å². The minimum Gasteiger partial charge on any atom is -0.318 e. The van der Waals surface area contributed by atoms with Gasteiger partial charge in [-0.1, -0.05) is 12.1 Å². The van der Waals surface area contributed by atoms with Crippen LogP contribution >= 0.6 is 0 Å². The maximum absolute atomic E-state index is 12.8. The molecule has 118 valence electrons. The van der Waals surface area contributed by atoms with Crippen molar-refractivity contribution in [2.24, 2.45) is 0 Å². The molecule has 0 saturated heterocycles. The number of carbonyl (C=O) groups is 2. The van der Waals surface area contributed by atoms with Gasteiger partial charge in [-0.2, -0.15) is 0 Å². The summed E-state index contributed by atoms with van der Waals surface area (Å²) in [5, 5.41) is 2.35. The van der Waals surface area contributed by atoms with E-state index in [1.165, 1.54) is 36.4 Å². The smallest absolute Gasteiger partial charge is 0.296 e. The summed E-state index contributed by atoms with van der Waals surface area (Å²) >= 11 is 0. The summed E-state index contributed by atoms with van der Waals surface area (Å²) in [7, 11) is -3.87. The van der Waals surface area contributed by atoms with Crippen LogP contribution in [0.15, 0.2) is 47.4 Å². The lowest BCUT2D eigenvalue weighted by Gasteiger charge is -2.08. The van der Waals surface area contributed by atoms with Gasteiger partial charge in [0.2, 0.25) is 10.0 Å². The fraction of sp³-hybridized carbons (Fsp3) is 0.0667. The van der Waals surface area contributed by atoms with E-state index >= 15 is 0 Å². The predicted octanol–water partition coefficient (Wildman–Crippen LogP) is 1.44. The summed E-state index contributed by atoms with van der Waals surface area (Å²) in [6.07, 6.45) is 0. The maximum Gasteiger partial charge on any atom is 0.296 e. The Morgan fingerprint density at radius 1 is 1.04 bits per heavy atom. The van der Waals surface area contributed by atoms with Crippen LogP contribution in [0.4, 0.5) is 10.1 Å². The van der Waals surface area contributed by atoms with E-state index in [-0.39, 0.29) is 22.7 Å². The fourth-order valence-electron chi connectivity index (χ4n) is 2.15. The zero-order valence-electron chi connectivity index (χ0n) is 11.7. The number of hydrogen-bond acceptors (Lipinski definition) is 4. The van der Waals surface area contributed by atoms with Crippen LogP contribution in [0.25, 0.3) is 0 Å². The summed E-state index contributed by atoms with van der Waals surface area (Å²) in [4.78, 5) is 22.8. The van der Waals surface area contributed by atoms with Gasteiger partial charge in [-0.25, -0.2) is 17.5 Å². The molecule has 0 radical (unpaired) electrons. The normalized spacial score (nSPS) is 13.8. The molecular weight excluding hydrogens is 323 g/mol. The van der Waals surface area contributed by atoms with Crippen LogP contribution < -0.4 is 10.0 Å². The molecule has 8 heteroatoms. The van der Waals surface area contributed by atoms with E-state index in [1.54, 1.807) is 0 Å². The van der Waals surface area contributed by atoms with E-state index in [9.17, 15) is 22.4 Å². The quantitative estimate of drug-likeness (QED) is 0.828. The lowest BCUT2D eigenvalue weighted by molar-refractivity contribution is -0.112. The van der Waals surface area contributed by atoms with Gasteiger partial charge in [0.15, 0.2) is 0 Å². The number of carbonyl (C=O) groups excluding carboxylic acids is 2. The standard InChI is InChI=1S/C15H11FN2O4S/c16-10-3-1-9(2-4-10)8-17-23(21,22)11-5-6-13-12(7-11)14(19)15(20)18-13/h1-7,17H,8H2,(H,18,19,20). The lowest BCUT2D eigenvalue weighted by Crippen LogP contribution is -2.23. The van der Waals surface area contributed by atoms with E-state index in [1.807, 2.05) is 0 Å². The minimum absolute atomic E-state index is 0.0230. The Morgan fingerprint density at radius 2 is 1.74 bits per heavy atom. The van der Waals surface area contributed by atoms with E-state index in [0.29, 0.717) is 5.56 Å². The Labute approximate surface area is 131 Å². The molecule has 0 atom stereocenters. The van der Waals surface area contributed by atoms with Gasteiger partial charge in [0, 0.05) is 6.54 Å². The number of anilines is 1. The van der Waals surface area contributed by atoms with Crippen molar-refractivity contribution in [1.82, 2.24) is 4.72 Å². The van der Waals surface area contributed by atoms with Gasteiger partial charge in [-0.3, -0.25) is 9.59 Å². The van der Waals surface area contributed by atoms with Crippen molar-refractivity contribution in [2.45, 2.75) is 11.4 Å². The van der Waals surface area contributed by atoms with Gasteiger partial charge in [0.05, 0.1) is 16.1 Å². The number of fused-ring (bicyclic) bond motifs is 1. The molecular formula is C15H11FN2O4S. The third-order valence-corrected chi connectivity index (χ3v) is 4.78. The number of nitrogens with one attached hydrogen (secondary N) is 2. The highest BCUT2D eigenvalue weighted by Crippen LogP contribution is 2.25. The molecule has 23 heavy (non-hydrogen) atoms. The summed E-state index contributed by atoms with van der Waals surface area (Å²) in [6, 6.07) is 9.21. The Hall–Kier alpha value is -2.58. The van der Waals surface area contributed by atoms with Gasteiger partial charge >= 0.3 is 0 Å². The molecule has 0 aliphatic carbocycles. The minimum atomic E-state index is -3.87. The van der Waals surface area contributed by atoms with Crippen molar-refractivity contribution >= 4 is 27.4 Å². The predicted molar refractivity (Wildman–Crippen MR) is 79.8 cm³/mol. The molecule has 2 aromatic rings. The molecule has 6 nitrogen and oxygen atoms in total. The molecule has 2 aromatic carbocycles. The first-order valence-electron chi connectivity index (χ1n) is 6.61. The zero-order valence-corrected chi connectivity index (χ0v) is 12.5. The fourth-order valence-corrected chi connectivity index (χ4v) is 3.20. The van der Waals surface area contributed by atoms with E-state index in [4.69, 9.17) is 0 Å². The molecule has 1 aliphatic rings. The highest BCUT2D eigenvalue weighted by atomic mass is 32.2. The van der Waals surface area contributed by atoms with Crippen LogP contribution in [0.3, 0.4) is 0 Å². The van der Waals surface area contributed by atoms with Crippen LogP contribution in [0.1, 0.15) is 15.9 Å². The maximum atomic E-state index is 12.8. The number of ketones is 1. The van der Waals surface area contributed by atoms with Crippen molar-refractivity contribution in [2.75, 3.05) is 5.32 Å². The average Bonchev–Trinajstić information content (AvgIpc) is 2.81. The summed E-state index contributed by atoms with van der Waals surface area (Å²) in [6.45, 7) is -0.0230.